The van der Waals surface area contributed by atoms with E-state index >= 15 is 0 Å². The van der Waals surface area contributed by atoms with Gasteiger partial charge in [0.25, 0.3) is 0 Å². The second-order valence-electron chi connectivity index (χ2n) is 5.52. The normalized spacial score (nSPS) is 16.9. The van der Waals surface area contributed by atoms with Gasteiger partial charge in [-0.25, -0.2) is 4.39 Å². The van der Waals surface area contributed by atoms with Crippen molar-refractivity contribution in [3.8, 4) is 0 Å². The molecule has 0 saturated carbocycles. The summed E-state index contributed by atoms with van der Waals surface area (Å²) in [6.45, 7) is 8.07. The molecule has 0 aliphatic carbocycles. The van der Waals surface area contributed by atoms with Gasteiger partial charge >= 0.3 is 0 Å². The monoisotopic (exact) mass is 278 g/mol. The lowest BCUT2D eigenvalue weighted by Crippen LogP contribution is -2.51. The van der Waals surface area contributed by atoms with Crippen LogP contribution in [0.2, 0.25) is 0 Å². The predicted octanol–water partition coefficient (Wildman–Crippen LogP) is 1.92. The highest BCUT2D eigenvalue weighted by atomic mass is 19.1. The molecule has 2 rings (SSSR count). The molecule has 0 bridgehead atoms. The first-order chi connectivity index (χ1) is 9.58. The summed E-state index contributed by atoms with van der Waals surface area (Å²) in [5, 5.41) is 0. The standard InChI is InChI=1S/C15H23FN4/c1-12(2)11-18-15(17)20-9-7-19(8-10-20)14-6-4-3-5-13(14)16/h3-6,12H,7-11H2,1-2H3,(H2,17,18). The third-order valence-corrected chi connectivity index (χ3v) is 3.42. The number of hydrogen-bond donors (Lipinski definition) is 1. The van der Waals surface area contributed by atoms with Gasteiger partial charge in [0.05, 0.1) is 5.69 Å². The summed E-state index contributed by atoms with van der Waals surface area (Å²) in [4.78, 5) is 8.52. The first-order valence-corrected chi connectivity index (χ1v) is 7.12. The van der Waals surface area contributed by atoms with E-state index in [1.165, 1.54) is 6.07 Å². The summed E-state index contributed by atoms with van der Waals surface area (Å²) in [7, 11) is 0. The van der Waals surface area contributed by atoms with Crippen LogP contribution in [0.5, 0.6) is 0 Å². The van der Waals surface area contributed by atoms with Crippen LogP contribution in [0.4, 0.5) is 10.1 Å². The van der Waals surface area contributed by atoms with E-state index in [2.05, 4.69) is 28.6 Å². The molecule has 1 aromatic rings. The van der Waals surface area contributed by atoms with Crippen LogP contribution in [0.15, 0.2) is 29.3 Å². The molecule has 20 heavy (non-hydrogen) atoms. The average molecular weight is 278 g/mol. The van der Waals surface area contributed by atoms with Crippen molar-refractivity contribution in [1.82, 2.24) is 4.90 Å². The minimum absolute atomic E-state index is 0.164. The van der Waals surface area contributed by atoms with E-state index in [-0.39, 0.29) is 5.82 Å². The van der Waals surface area contributed by atoms with Crippen LogP contribution in [0.1, 0.15) is 13.8 Å². The van der Waals surface area contributed by atoms with Crippen molar-refractivity contribution in [2.24, 2.45) is 16.6 Å². The molecule has 1 fully saturated rings. The predicted molar refractivity (Wildman–Crippen MR) is 81.5 cm³/mol. The zero-order valence-electron chi connectivity index (χ0n) is 12.2. The van der Waals surface area contributed by atoms with Crippen LogP contribution in [-0.2, 0) is 0 Å². The number of hydrogen-bond acceptors (Lipinski definition) is 2. The van der Waals surface area contributed by atoms with Crippen LogP contribution >= 0.6 is 0 Å². The molecule has 0 radical (unpaired) electrons. The Morgan fingerprint density at radius 2 is 1.90 bits per heavy atom. The SMILES string of the molecule is CC(C)CN=C(N)N1CCN(c2ccccc2F)CC1. The summed E-state index contributed by atoms with van der Waals surface area (Å²) in [6, 6.07) is 6.90. The quantitative estimate of drug-likeness (QED) is 0.678. The van der Waals surface area contributed by atoms with Crippen LogP contribution < -0.4 is 10.6 Å². The van der Waals surface area contributed by atoms with Gasteiger partial charge in [0, 0.05) is 32.7 Å². The second kappa shape index (κ2) is 6.59. The molecule has 5 heteroatoms. The highest BCUT2D eigenvalue weighted by Crippen LogP contribution is 2.19. The molecule has 1 aliphatic rings. The zero-order valence-corrected chi connectivity index (χ0v) is 12.2. The van der Waals surface area contributed by atoms with Crippen molar-refractivity contribution in [3.63, 3.8) is 0 Å². The van der Waals surface area contributed by atoms with E-state index in [9.17, 15) is 4.39 Å². The fraction of sp³-hybridized carbons (Fsp3) is 0.533. The molecule has 0 amide bonds. The number of para-hydroxylation sites is 1. The molecule has 0 atom stereocenters. The van der Waals surface area contributed by atoms with Crippen LogP contribution in [0.25, 0.3) is 0 Å². The Hall–Kier alpha value is -1.78. The lowest BCUT2D eigenvalue weighted by atomic mass is 10.2. The molecule has 0 spiro atoms. The Balaban J connectivity index is 1.93. The number of nitrogens with two attached hydrogens (primary N) is 1. The molecule has 1 aliphatic heterocycles. The molecule has 110 valence electrons. The molecule has 2 N–H and O–H groups in total. The Morgan fingerprint density at radius 3 is 2.50 bits per heavy atom. The number of anilines is 1. The number of rotatable bonds is 3. The van der Waals surface area contributed by atoms with Gasteiger partial charge in [-0.1, -0.05) is 26.0 Å². The summed E-state index contributed by atoms with van der Waals surface area (Å²) in [6.07, 6.45) is 0. The van der Waals surface area contributed by atoms with E-state index in [1.54, 1.807) is 6.07 Å². The largest absolute Gasteiger partial charge is 0.370 e. The summed E-state index contributed by atoms with van der Waals surface area (Å²) >= 11 is 0. The van der Waals surface area contributed by atoms with Crippen molar-refractivity contribution < 1.29 is 4.39 Å². The molecular formula is C15H23FN4. The maximum atomic E-state index is 13.7. The fourth-order valence-electron chi connectivity index (χ4n) is 2.26. The Bertz CT molecular complexity index is 465. The van der Waals surface area contributed by atoms with E-state index in [4.69, 9.17) is 5.73 Å². The molecule has 0 unspecified atom stereocenters. The number of nitrogens with zero attached hydrogens (tertiary/aromatic N) is 3. The topological polar surface area (TPSA) is 44.9 Å². The minimum atomic E-state index is -0.164. The van der Waals surface area contributed by atoms with Crippen LogP contribution in [-0.4, -0.2) is 43.6 Å². The van der Waals surface area contributed by atoms with E-state index in [0.29, 0.717) is 17.6 Å². The summed E-state index contributed by atoms with van der Waals surface area (Å²) < 4.78 is 13.7. The fourth-order valence-corrected chi connectivity index (χ4v) is 2.26. The van der Waals surface area contributed by atoms with Crippen molar-refractivity contribution in [2.75, 3.05) is 37.6 Å². The highest BCUT2D eigenvalue weighted by Gasteiger charge is 2.20. The second-order valence-corrected chi connectivity index (χ2v) is 5.52. The van der Waals surface area contributed by atoms with Crippen molar-refractivity contribution >= 4 is 11.6 Å². The third-order valence-electron chi connectivity index (χ3n) is 3.42. The van der Waals surface area contributed by atoms with Gasteiger partial charge in [0.1, 0.15) is 5.82 Å². The lowest BCUT2D eigenvalue weighted by molar-refractivity contribution is 0.378. The maximum Gasteiger partial charge on any atom is 0.191 e. The Morgan fingerprint density at radius 1 is 1.25 bits per heavy atom. The smallest absolute Gasteiger partial charge is 0.191 e. The van der Waals surface area contributed by atoms with Gasteiger partial charge in [-0.15, -0.1) is 0 Å². The zero-order chi connectivity index (χ0) is 14.5. The van der Waals surface area contributed by atoms with Crippen molar-refractivity contribution in [3.05, 3.63) is 30.1 Å². The average Bonchev–Trinajstić information content (AvgIpc) is 2.45. The van der Waals surface area contributed by atoms with E-state index < -0.39 is 0 Å². The van der Waals surface area contributed by atoms with Crippen LogP contribution in [0.3, 0.4) is 0 Å². The first-order valence-electron chi connectivity index (χ1n) is 7.12. The number of piperazine rings is 1. The third kappa shape index (κ3) is 3.62. The van der Waals surface area contributed by atoms with Gasteiger partial charge < -0.3 is 15.5 Å². The first kappa shape index (κ1) is 14.6. The number of halogens is 1. The number of aliphatic imine (C=N–C) groups is 1. The molecular weight excluding hydrogens is 255 g/mol. The Labute approximate surface area is 120 Å². The summed E-state index contributed by atoms with van der Waals surface area (Å²) in [5.41, 5.74) is 6.67. The molecule has 1 saturated heterocycles. The molecule has 0 aromatic heterocycles. The van der Waals surface area contributed by atoms with Crippen LogP contribution in [0, 0.1) is 11.7 Å². The minimum Gasteiger partial charge on any atom is -0.370 e. The summed E-state index contributed by atoms with van der Waals surface area (Å²) in [5.74, 6) is 0.947. The molecule has 4 nitrogen and oxygen atoms in total. The van der Waals surface area contributed by atoms with Crippen molar-refractivity contribution in [1.29, 1.82) is 0 Å². The van der Waals surface area contributed by atoms with Gasteiger partial charge in [0.15, 0.2) is 5.96 Å². The van der Waals surface area contributed by atoms with Gasteiger partial charge in [-0.2, -0.15) is 0 Å². The van der Waals surface area contributed by atoms with Crippen molar-refractivity contribution in [2.45, 2.75) is 13.8 Å². The van der Waals surface area contributed by atoms with Gasteiger partial charge in [-0.05, 0) is 18.1 Å². The molecule has 1 heterocycles. The van der Waals surface area contributed by atoms with E-state index in [1.807, 2.05) is 12.1 Å². The lowest BCUT2D eigenvalue weighted by Gasteiger charge is -2.36. The maximum absolute atomic E-state index is 13.7. The number of benzene rings is 1. The van der Waals surface area contributed by atoms with Gasteiger partial charge in [0.2, 0.25) is 0 Å². The van der Waals surface area contributed by atoms with E-state index in [0.717, 1.165) is 32.7 Å². The highest BCUT2D eigenvalue weighted by molar-refractivity contribution is 5.78. The molecule has 1 aromatic carbocycles. The Kier molecular flexibility index (Phi) is 4.82. The van der Waals surface area contributed by atoms with Gasteiger partial charge in [-0.3, -0.25) is 4.99 Å². The number of guanidine groups is 1.